The topological polar surface area (TPSA) is 49.9 Å². The lowest BCUT2D eigenvalue weighted by molar-refractivity contribution is 0.00771. The molecule has 35 heavy (non-hydrogen) atoms. The Labute approximate surface area is 212 Å². The third-order valence-electron chi connectivity index (χ3n) is 6.31. The third-order valence-corrected chi connectivity index (χ3v) is 8.46. The van der Waals surface area contributed by atoms with Gasteiger partial charge in [-0.3, -0.25) is 4.90 Å². The maximum Gasteiger partial charge on any atom is 0.243 e. The van der Waals surface area contributed by atoms with Crippen molar-refractivity contribution in [3.05, 3.63) is 99.8 Å². The van der Waals surface area contributed by atoms with Gasteiger partial charge in [0.2, 0.25) is 10.0 Å². The van der Waals surface area contributed by atoms with Crippen molar-refractivity contribution in [2.45, 2.75) is 31.5 Å². The lowest BCUT2D eigenvalue weighted by atomic mass is 10.1. The smallest absolute Gasteiger partial charge is 0.243 e. The quantitative estimate of drug-likeness (QED) is 0.404. The second kappa shape index (κ2) is 11.2. The predicted octanol–water partition coefficient (Wildman–Crippen LogP) is 5.36. The first kappa shape index (κ1) is 25.8. The zero-order chi connectivity index (χ0) is 25.0. The molecule has 1 aliphatic rings. The van der Waals surface area contributed by atoms with Gasteiger partial charge in [-0.2, -0.15) is 4.31 Å². The summed E-state index contributed by atoms with van der Waals surface area (Å²) in [6.07, 6.45) is -0.192. The molecule has 1 fully saturated rings. The Morgan fingerprint density at radius 2 is 1.69 bits per heavy atom. The number of aryl methyl sites for hydroxylation is 2. The van der Waals surface area contributed by atoms with Gasteiger partial charge < -0.3 is 4.74 Å². The molecule has 0 bridgehead atoms. The molecule has 5 nitrogen and oxygen atoms in total. The van der Waals surface area contributed by atoms with E-state index in [-0.39, 0.29) is 11.0 Å². The minimum absolute atomic E-state index is 0.00502. The van der Waals surface area contributed by atoms with Gasteiger partial charge in [-0.05, 0) is 54.8 Å². The highest BCUT2D eigenvalue weighted by molar-refractivity contribution is 7.89. The van der Waals surface area contributed by atoms with E-state index in [4.69, 9.17) is 16.3 Å². The molecule has 0 aromatic heterocycles. The molecule has 4 rings (SSSR count). The lowest BCUT2D eigenvalue weighted by Crippen LogP contribution is -2.49. The van der Waals surface area contributed by atoms with Gasteiger partial charge in [-0.1, -0.05) is 59.6 Å². The molecule has 0 amide bonds. The predicted molar refractivity (Wildman–Crippen MR) is 136 cm³/mol. The van der Waals surface area contributed by atoms with Crippen LogP contribution in [0.25, 0.3) is 0 Å². The summed E-state index contributed by atoms with van der Waals surface area (Å²) in [4.78, 5) is 2.20. The summed E-state index contributed by atoms with van der Waals surface area (Å²) in [7, 11) is -3.74. The summed E-state index contributed by atoms with van der Waals surface area (Å²) in [5.41, 5.74) is 3.73. The maximum atomic E-state index is 14.0. The van der Waals surface area contributed by atoms with E-state index in [1.165, 1.54) is 22.0 Å². The van der Waals surface area contributed by atoms with Crippen molar-refractivity contribution in [2.24, 2.45) is 0 Å². The van der Waals surface area contributed by atoms with Crippen molar-refractivity contribution in [3.8, 4) is 0 Å². The minimum atomic E-state index is -3.74. The highest BCUT2D eigenvalue weighted by atomic mass is 35.5. The van der Waals surface area contributed by atoms with Gasteiger partial charge in [-0.15, -0.1) is 0 Å². The van der Waals surface area contributed by atoms with Crippen LogP contribution in [-0.4, -0.2) is 50.3 Å². The highest BCUT2D eigenvalue weighted by Gasteiger charge is 2.30. The van der Waals surface area contributed by atoms with E-state index in [0.717, 1.165) is 17.2 Å². The van der Waals surface area contributed by atoms with Gasteiger partial charge in [0.05, 0.1) is 17.6 Å². The Morgan fingerprint density at radius 3 is 2.34 bits per heavy atom. The number of sulfonamides is 1. The van der Waals surface area contributed by atoms with Crippen LogP contribution in [0.4, 0.5) is 4.39 Å². The molecule has 0 spiro atoms. The van der Waals surface area contributed by atoms with E-state index in [2.05, 4.69) is 24.0 Å². The van der Waals surface area contributed by atoms with Crippen molar-refractivity contribution >= 4 is 21.6 Å². The van der Waals surface area contributed by atoms with Crippen LogP contribution in [0.2, 0.25) is 5.02 Å². The van der Waals surface area contributed by atoms with Crippen LogP contribution in [-0.2, 0) is 21.4 Å². The van der Waals surface area contributed by atoms with Crippen molar-refractivity contribution in [2.75, 3.05) is 32.7 Å². The summed E-state index contributed by atoms with van der Waals surface area (Å²) in [6, 6.07) is 19.9. The molecule has 3 aromatic rings. The van der Waals surface area contributed by atoms with Crippen LogP contribution in [0.3, 0.4) is 0 Å². The molecule has 0 N–H and O–H groups in total. The van der Waals surface area contributed by atoms with E-state index >= 15 is 0 Å². The molecule has 0 saturated carbocycles. The van der Waals surface area contributed by atoms with E-state index in [1.807, 2.05) is 36.4 Å². The van der Waals surface area contributed by atoms with E-state index in [0.29, 0.717) is 49.9 Å². The molecule has 0 unspecified atom stereocenters. The first-order chi connectivity index (χ1) is 16.7. The Morgan fingerprint density at radius 1 is 0.971 bits per heavy atom. The number of benzene rings is 3. The second-order valence-corrected chi connectivity index (χ2v) is 11.3. The number of rotatable bonds is 8. The largest absolute Gasteiger partial charge is 0.368 e. The molecule has 186 valence electrons. The molecule has 3 aromatic carbocycles. The molecule has 8 heteroatoms. The Hall–Kier alpha value is -2.29. The van der Waals surface area contributed by atoms with E-state index in [9.17, 15) is 12.8 Å². The SMILES string of the molecule is Cc1cccc(CO[C@H](CN2CCN(S(=O)(=O)c3ccc(C)c(F)c3)CC2)c2ccc(Cl)cc2)c1. The van der Waals surface area contributed by atoms with Gasteiger partial charge in [-0.25, -0.2) is 12.8 Å². The maximum absolute atomic E-state index is 14.0. The number of nitrogens with zero attached hydrogens (tertiary/aromatic N) is 2. The standard InChI is InChI=1S/C27H30ClFN2O3S/c1-20-4-3-5-22(16-20)19-34-27(23-7-9-24(28)10-8-23)18-30-12-14-31(15-13-30)35(32,33)25-11-6-21(2)26(29)17-25/h3-11,16-17,27H,12-15,18-19H2,1-2H3/t27-/m1/s1. The molecule has 1 aliphatic heterocycles. The monoisotopic (exact) mass is 516 g/mol. The molecular weight excluding hydrogens is 487 g/mol. The molecule has 1 atom stereocenters. The minimum Gasteiger partial charge on any atom is -0.368 e. The van der Waals surface area contributed by atoms with Crippen LogP contribution in [0.1, 0.15) is 28.4 Å². The van der Waals surface area contributed by atoms with Crippen LogP contribution in [0.5, 0.6) is 0 Å². The fraction of sp³-hybridized carbons (Fsp3) is 0.333. The second-order valence-electron chi connectivity index (χ2n) is 8.96. The average Bonchev–Trinajstić information content (AvgIpc) is 2.84. The van der Waals surface area contributed by atoms with E-state index < -0.39 is 15.8 Å². The summed E-state index contributed by atoms with van der Waals surface area (Å²) < 4.78 is 47.8. The number of ether oxygens (including phenoxy) is 1. The lowest BCUT2D eigenvalue weighted by Gasteiger charge is -2.36. The summed E-state index contributed by atoms with van der Waals surface area (Å²) >= 11 is 6.09. The van der Waals surface area contributed by atoms with Gasteiger partial charge in [0, 0.05) is 37.7 Å². The first-order valence-electron chi connectivity index (χ1n) is 11.6. The molecule has 1 heterocycles. The zero-order valence-corrected chi connectivity index (χ0v) is 21.5. The van der Waals surface area contributed by atoms with Crippen molar-refractivity contribution in [3.63, 3.8) is 0 Å². The Bertz CT molecular complexity index is 1260. The first-order valence-corrected chi connectivity index (χ1v) is 13.5. The summed E-state index contributed by atoms with van der Waals surface area (Å²) in [5.74, 6) is -0.513. The summed E-state index contributed by atoms with van der Waals surface area (Å²) in [5, 5.41) is 0.664. The summed E-state index contributed by atoms with van der Waals surface area (Å²) in [6.45, 7) is 6.56. The van der Waals surface area contributed by atoms with Crippen molar-refractivity contribution in [1.29, 1.82) is 0 Å². The van der Waals surface area contributed by atoms with Crippen LogP contribution >= 0.6 is 11.6 Å². The fourth-order valence-electron chi connectivity index (χ4n) is 4.20. The normalized spacial score (nSPS) is 16.3. The van der Waals surface area contributed by atoms with Crippen molar-refractivity contribution < 1.29 is 17.5 Å². The van der Waals surface area contributed by atoms with Crippen LogP contribution < -0.4 is 0 Å². The number of hydrogen-bond donors (Lipinski definition) is 0. The number of hydrogen-bond acceptors (Lipinski definition) is 4. The Kier molecular flexibility index (Phi) is 8.24. The van der Waals surface area contributed by atoms with Gasteiger partial charge >= 0.3 is 0 Å². The van der Waals surface area contributed by atoms with Gasteiger partial charge in [0.15, 0.2) is 0 Å². The fourth-order valence-corrected chi connectivity index (χ4v) is 5.76. The molecule has 0 radical (unpaired) electrons. The van der Waals surface area contributed by atoms with Gasteiger partial charge in [0.25, 0.3) is 0 Å². The van der Waals surface area contributed by atoms with Crippen LogP contribution in [0.15, 0.2) is 71.6 Å². The van der Waals surface area contributed by atoms with Gasteiger partial charge in [0.1, 0.15) is 5.82 Å². The third kappa shape index (κ3) is 6.48. The number of piperazine rings is 1. The number of halogens is 2. The van der Waals surface area contributed by atoms with Crippen LogP contribution in [0, 0.1) is 19.7 Å². The molecule has 1 saturated heterocycles. The zero-order valence-electron chi connectivity index (χ0n) is 20.0. The van der Waals surface area contributed by atoms with Crippen molar-refractivity contribution in [1.82, 2.24) is 9.21 Å². The highest BCUT2D eigenvalue weighted by Crippen LogP contribution is 2.25. The molecular formula is C27H30ClFN2O3S. The van der Waals surface area contributed by atoms with E-state index in [1.54, 1.807) is 6.92 Å². The molecule has 0 aliphatic carbocycles. The average molecular weight is 517 g/mol. The Balaban J connectivity index is 1.42.